The van der Waals surface area contributed by atoms with E-state index in [9.17, 15) is 9.59 Å². The first-order valence-electron chi connectivity index (χ1n) is 11.0. The maximum absolute atomic E-state index is 12.7. The number of hydrogen-bond donors (Lipinski definition) is 1. The van der Waals surface area contributed by atoms with Gasteiger partial charge in [-0.05, 0) is 45.2 Å². The highest BCUT2D eigenvalue weighted by atomic mass is 16.6. The van der Waals surface area contributed by atoms with Gasteiger partial charge in [-0.1, -0.05) is 6.07 Å². The first kappa shape index (κ1) is 23.7. The molecular formula is C23H33N5O4. The van der Waals surface area contributed by atoms with Crippen LogP contribution in [0.3, 0.4) is 0 Å². The average molecular weight is 444 g/mol. The molecule has 0 bridgehead atoms. The predicted octanol–water partition coefficient (Wildman–Crippen LogP) is 2.86. The van der Waals surface area contributed by atoms with Gasteiger partial charge in [0.25, 0.3) is 0 Å². The molecule has 1 aliphatic rings. The number of nitrogens with zero attached hydrogens (tertiary/aromatic N) is 4. The Balaban J connectivity index is 1.56. The van der Waals surface area contributed by atoms with Crippen molar-refractivity contribution < 1.29 is 19.1 Å². The minimum absolute atomic E-state index is 0.226. The topological polar surface area (TPSA) is 98.6 Å². The van der Waals surface area contributed by atoms with Gasteiger partial charge < -0.3 is 14.8 Å². The lowest BCUT2D eigenvalue weighted by Crippen LogP contribution is -2.40. The third-order valence-electron chi connectivity index (χ3n) is 5.06. The Hall–Kier alpha value is -2.94. The first-order chi connectivity index (χ1) is 15.2. The molecule has 0 fully saturated rings. The zero-order chi connectivity index (χ0) is 23.1. The minimum atomic E-state index is -0.543. The summed E-state index contributed by atoms with van der Waals surface area (Å²) >= 11 is 0. The van der Waals surface area contributed by atoms with E-state index in [1.165, 1.54) is 7.11 Å². The molecule has 9 nitrogen and oxygen atoms in total. The van der Waals surface area contributed by atoms with Crippen LogP contribution in [0.2, 0.25) is 0 Å². The van der Waals surface area contributed by atoms with Crippen LogP contribution in [-0.4, -0.2) is 52.6 Å². The molecule has 1 aliphatic heterocycles. The fraction of sp³-hybridized carbons (Fsp3) is 0.565. The zero-order valence-corrected chi connectivity index (χ0v) is 19.4. The minimum Gasteiger partial charge on any atom is -0.469 e. The van der Waals surface area contributed by atoms with Crippen LogP contribution in [0.15, 0.2) is 24.5 Å². The molecule has 0 unspecified atom stereocenters. The number of fused-ring (bicyclic) bond motifs is 1. The number of ether oxygens (including phenoxy) is 2. The molecule has 0 saturated carbocycles. The van der Waals surface area contributed by atoms with Gasteiger partial charge in [0, 0.05) is 50.1 Å². The van der Waals surface area contributed by atoms with E-state index in [1.54, 1.807) is 4.90 Å². The molecule has 9 heteroatoms. The summed E-state index contributed by atoms with van der Waals surface area (Å²) in [4.78, 5) is 30.2. The number of aryl methyl sites for hydroxylation is 3. The number of carbonyl (C=O) groups is 2. The Labute approximate surface area is 189 Å². The van der Waals surface area contributed by atoms with Crippen molar-refractivity contribution in [1.29, 1.82) is 0 Å². The van der Waals surface area contributed by atoms with Gasteiger partial charge in [0.05, 0.1) is 19.7 Å². The number of carbonyl (C=O) groups excluding carboxylic acids is 2. The Kier molecular flexibility index (Phi) is 7.84. The summed E-state index contributed by atoms with van der Waals surface area (Å²) in [6.45, 7) is 8.10. The molecule has 1 amide bonds. The molecule has 2 aromatic heterocycles. The lowest BCUT2D eigenvalue weighted by Gasteiger charge is -2.31. The summed E-state index contributed by atoms with van der Waals surface area (Å²) in [5.74, 6) is 0.481. The summed E-state index contributed by atoms with van der Waals surface area (Å²) in [5, 5.41) is 7.61. The number of amides is 1. The number of aromatic nitrogens is 3. The summed E-state index contributed by atoms with van der Waals surface area (Å²) in [6, 6.07) is 4.09. The molecule has 0 aromatic carbocycles. The molecular weight excluding hydrogens is 410 g/mol. The van der Waals surface area contributed by atoms with E-state index in [4.69, 9.17) is 9.72 Å². The summed E-state index contributed by atoms with van der Waals surface area (Å²) in [6.07, 6.45) is 6.30. The molecule has 2 aromatic rings. The number of esters is 1. The van der Waals surface area contributed by atoms with Crippen molar-refractivity contribution in [3.63, 3.8) is 0 Å². The van der Waals surface area contributed by atoms with Crippen LogP contribution in [0.5, 0.6) is 0 Å². The monoisotopic (exact) mass is 443 g/mol. The number of pyridine rings is 1. The SMILES string of the molecule is COC(=O)CCNCc1cnn(CCc2ccc3c(n2)N(C(=O)OC(C)(C)C)CCC3)c1. The lowest BCUT2D eigenvalue weighted by atomic mass is 10.1. The van der Waals surface area contributed by atoms with Gasteiger partial charge in [-0.15, -0.1) is 0 Å². The maximum Gasteiger partial charge on any atom is 0.416 e. The number of hydrogen-bond acceptors (Lipinski definition) is 7. The first-order valence-corrected chi connectivity index (χ1v) is 11.0. The van der Waals surface area contributed by atoms with Crippen LogP contribution in [0, 0.1) is 0 Å². The van der Waals surface area contributed by atoms with E-state index in [-0.39, 0.29) is 12.1 Å². The van der Waals surface area contributed by atoms with Gasteiger partial charge in [0.1, 0.15) is 11.4 Å². The maximum atomic E-state index is 12.7. The Morgan fingerprint density at radius 1 is 1.25 bits per heavy atom. The smallest absolute Gasteiger partial charge is 0.416 e. The number of nitrogens with one attached hydrogen (secondary N) is 1. The summed E-state index contributed by atoms with van der Waals surface area (Å²) in [5.41, 5.74) is 2.49. The fourth-order valence-electron chi connectivity index (χ4n) is 3.49. The molecule has 174 valence electrons. The molecule has 0 atom stereocenters. The van der Waals surface area contributed by atoms with Crippen molar-refractivity contribution in [2.24, 2.45) is 0 Å². The van der Waals surface area contributed by atoms with Crippen molar-refractivity contribution in [3.8, 4) is 0 Å². The predicted molar refractivity (Wildman–Crippen MR) is 120 cm³/mol. The van der Waals surface area contributed by atoms with Gasteiger partial charge in [-0.2, -0.15) is 5.10 Å². The molecule has 3 heterocycles. The van der Waals surface area contributed by atoms with Crippen molar-refractivity contribution in [2.45, 2.75) is 65.1 Å². The Morgan fingerprint density at radius 3 is 2.81 bits per heavy atom. The van der Waals surface area contributed by atoms with Crippen LogP contribution in [0.1, 0.15) is 50.4 Å². The quantitative estimate of drug-likeness (QED) is 0.495. The van der Waals surface area contributed by atoms with Crippen LogP contribution in [0.25, 0.3) is 0 Å². The van der Waals surface area contributed by atoms with Gasteiger partial charge in [0.2, 0.25) is 0 Å². The zero-order valence-electron chi connectivity index (χ0n) is 19.4. The summed E-state index contributed by atoms with van der Waals surface area (Å²) < 4.78 is 12.1. The van der Waals surface area contributed by atoms with Gasteiger partial charge in [-0.3, -0.25) is 14.4 Å². The van der Waals surface area contributed by atoms with E-state index in [2.05, 4.69) is 21.2 Å². The Bertz CT molecular complexity index is 935. The van der Waals surface area contributed by atoms with Gasteiger partial charge >= 0.3 is 12.1 Å². The van der Waals surface area contributed by atoms with E-state index >= 15 is 0 Å². The lowest BCUT2D eigenvalue weighted by molar-refractivity contribution is -0.140. The second kappa shape index (κ2) is 10.6. The molecule has 3 rings (SSSR count). The van der Waals surface area contributed by atoms with Gasteiger partial charge in [0.15, 0.2) is 0 Å². The third kappa shape index (κ3) is 6.78. The third-order valence-corrected chi connectivity index (χ3v) is 5.06. The standard InChI is InChI=1S/C23H33N5O4/c1-23(2,3)32-22(30)28-12-5-6-18-7-8-19(26-21(18)28)10-13-27-16-17(15-25-27)14-24-11-9-20(29)31-4/h7-8,15-16,24H,5-6,9-14H2,1-4H3. The molecule has 0 radical (unpaired) electrons. The molecule has 1 N–H and O–H groups in total. The molecule has 32 heavy (non-hydrogen) atoms. The van der Waals surface area contributed by atoms with Crippen LogP contribution in [0.4, 0.5) is 10.6 Å². The van der Waals surface area contributed by atoms with Crippen molar-refractivity contribution in [2.75, 3.05) is 25.1 Å². The van der Waals surface area contributed by atoms with Crippen molar-refractivity contribution >= 4 is 17.9 Å². The highest BCUT2D eigenvalue weighted by Crippen LogP contribution is 2.27. The second-order valence-corrected chi connectivity index (χ2v) is 8.89. The van der Waals surface area contributed by atoms with Gasteiger partial charge in [-0.25, -0.2) is 9.78 Å². The normalized spacial score (nSPS) is 13.6. The average Bonchev–Trinajstić information content (AvgIpc) is 3.21. The van der Waals surface area contributed by atoms with Crippen molar-refractivity contribution in [1.82, 2.24) is 20.1 Å². The van der Waals surface area contributed by atoms with Crippen LogP contribution >= 0.6 is 0 Å². The summed E-state index contributed by atoms with van der Waals surface area (Å²) in [7, 11) is 1.39. The largest absolute Gasteiger partial charge is 0.469 e. The highest BCUT2D eigenvalue weighted by Gasteiger charge is 2.28. The molecule has 0 spiro atoms. The molecule has 0 saturated heterocycles. The van der Waals surface area contributed by atoms with Crippen LogP contribution in [-0.2, 0) is 40.2 Å². The highest BCUT2D eigenvalue weighted by molar-refractivity contribution is 5.88. The Morgan fingerprint density at radius 2 is 2.06 bits per heavy atom. The van der Waals surface area contributed by atoms with E-state index in [0.717, 1.165) is 29.7 Å². The van der Waals surface area contributed by atoms with Crippen LogP contribution < -0.4 is 10.2 Å². The molecule has 0 aliphatic carbocycles. The number of anilines is 1. The fourth-order valence-corrected chi connectivity index (χ4v) is 3.49. The van der Waals surface area contributed by atoms with E-state index < -0.39 is 5.60 Å². The van der Waals surface area contributed by atoms with E-state index in [0.29, 0.717) is 44.8 Å². The van der Waals surface area contributed by atoms with Crippen molar-refractivity contribution in [3.05, 3.63) is 41.3 Å². The number of rotatable bonds is 8. The van der Waals surface area contributed by atoms with E-state index in [1.807, 2.05) is 43.9 Å². The second-order valence-electron chi connectivity index (χ2n) is 8.89. The number of methoxy groups -OCH3 is 1.